The number of halogens is 1. The van der Waals surface area contributed by atoms with E-state index in [0.717, 1.165) is 28.0 Å². The van der Waals surface area contributed by atoms with E-state index in [9.17, 15) is 5.11 Å². The first-order chi connectivity index (χ1) is 10.8. The van der Waals surface area contributed by atoms with Gasteiger partial charge in [-0.15, -0.1) is 12.4 Å². The van der Waals surface area contributed by atoms with Crippen LogP contribution in [0.25, 0.3) is 11.0 Å². The quantitative estimate of drug-likeness (QED) is 0.722. The molecule has 3 rings (SSSR count). The average Bonchev–Trinajstić information content (AvgIpc) is 2.98. The van der Waals surface area contributed by atoms with Crippen molar-refractivity contribution in [2.75, 3.05) is 13.7 Å². The molecule has 0 radical (unpaired) electrons. The second-order valence-corrected chi connectivity index (χ2v) is 5.15. The molecular weight excluding hydrogens is 314 g/mol. The summed E-state index contributed by atoms with van der Waals surface area (Å²) in [6, 6.07) is 17.4. The highest BCUT2D eigenvalue weighted by molar-refractivity contribution is 5.85. The zero-order valence-electron chi connectivity index (χ0n) is 12.9. The van der Waals surface area contributed by atoms with Gasteiger partial charge in [-0.2, -0.15) is 0 Å². The number of benzene rings is 2. The van der Waals surface area contributed by atoms with E-state index in [1.165, 1.54) is 0 Å². The molecule has 1 unspecified atom stereocenters. The molecule has 2 N–H and O–H groups in total. The van der Waals surface area contributed by atoms with Crippen molar-refractivity contribution in [1.82, 2.24) is 5.32 Å². The van der Waals surface area contributed by atoms with E-state index >= 15 is 0 Å². The number of hydrogen-bond donors (Lipinski definition) is 2. The molecule has 0 saturated carbocycles. The molecule has 1 atom stereocenters. The van der Waals surface area contributed by atoms with Gasteiger partial charge >= 0.3 is 0 Å². The van der Waals surface area contributed by atoms with Gasteiger partial charge in [-0.05, 0) is 17.7 Å². The Morgan fingerprint density at radius 1 is 1.13 bits per heavy atom. The van der Waals surface area contributed by atoms with Gasteiger partial charge in [0, 0.05) is 11.9 Å². The Labute approximate surface area is 141 Å². The van der Waals surface area contributed by atoms with Crippen LogP contribution in [0.5, 0.6) is 5.75 Å². The molecule has 122 valence electrons. The zero-order chi connectivity index (χ0) is 15.4. The lowest BCUT2D eigenvalue weighted by molar-refractivity contribution is 0.173. The van der Waals surface area contributed by atoms with Crippen molar-refractivity contribution in [2.45, 2.75) is 12.6 Å². The SMILES string of the molecule is COc1cccc2cc(CNCC(O)c3ccccc3)oc12.Cl. The Morgan fingerprint density at radius 3 is 2.65 bits per heavy atom. The highest BCUT2D eigenvalue weighted by Crippen LogP contribution is 2.28. The highest BCUT2D eigenvalue weighted by Gasteiger charge is 2.10. The van der Waals surface area contributed by atoms with Crippen molar-refractivity contribution in [3.63, 3.8) is 0 Å². The fourth-order valence-corrected chi connectivity index (χ4v) is 2.46. The number of hydrogen-bond acceptors (Lipinski definition) is 4. The minimum Gasteiger partial charge on any atom is -0.493 e. The van der Waals surface area contributed by atoms with Crippen LogP contribution < -0.4 is 10.1 Å². The molecule has 0 spiro atoms. The standard InChI is InChI=1S/C18H19NO3.ClH/c1-21-17-9-5-8-14-10-15(22-18(14)17)11-19-12-16(20)13-6-3-2-4-7-13;/h2-10,16,19-20H,11-12H2,1H3;1H. The molecule has 5 heteroatoms. The van der Waals surface area contributed by atoms with Crippen LogP contribution in [0.4, 0.5) is 0 Å². The fraction of sp³-hybridized carbons (Fsp3) is 0.222. The third kappa shape index (κ3) is 4.05. The minimum absolute atomic E-state index is 0. The second kappa shape index (κ2) is 8.02. The maximum Gasteiger partial charge on any atom is 0.176 e. The lowest BCUT2D eigenvalue weighted by Crippen LogP contribution is -2.20. The number of furan rings is 1. The van der Waals surface area contributed by atoms with Crippen molar-refractivity contribution in [1.29, 1.82) is 0 Å². The lowest BCUT2D eigenvalue weighted by Gasteiger charge is -2.11. The molecule has 4 nitrogen and oxygen atoms in total. The Balaban J connectivity index is 0.00000192. The van der Waals surface area contributed by atoms with Crippen molar-refractivity contribution in [3.05, 3.63) is 65.9 Å². The van der Waals surface area contributed by atoms with E-state index in [1.54, 1.807) is 7.11 Å². The minimum atomic E-state index is -0.528. The topological polar surface area (TPSA) is 54.6 Å². The maximum atomic E-state index is 10.1. The Bertz CT molecular complexity index is 742. The fourth-order valence-electron chi connectivity index (χ4n) is 2.46. The van der Waals surface area contributed by atoms with Crippen LogP contribution in [0.2, 0.25) is 0 Å². The Hall–Kier alpha value is -2.01. The smallest absolute Gasteiger partial charge is 0.176 e. The van der Waals surface area contributed by atoms with Gasteiger partial charge in [-0.3, -0.25) is 0 Å². The van der Waals surface area contributed by atoms with Crippen molar-refractivity contribution in [3.8, 4) is 5.75 Å². The van der Waals surface area contributed by atoms with Gasteiger partial charge < -0.3 is 19.6 Å². The number of nitrogens with one attached hydrogen (secondary N) is 1. The molecular formula is C18H20ClNO3. The summed E-state index contributed by atoms with van der Waals surface area (Å²) in [5, 5.41) is 14.3. The van der Waals surface area contributed by atoms with E-state index < -0.39 is 6.10 Å². The number of methoxy groups -OCH3 is 1. The molecule has 1 heterocycles. The average molecular weight is 334 g/mol. The third-order valence-corrected chi connectivity index (χ3v) is 3.60. The molecule has 0 aliphatic rings. The highest BCUT2D eigenvalue weighted by atomic mass is 35.5. The number of aliphatic hydroxyl groups is 1. The summed E-state index contributed by atoms with van der Waals surface area (Å²) in [5.74, 6) is 1.55. The second-order valence-electron chi connectivity index (χ2n) is 5.15. The van der Waals surface area contributed by atoms with Gasteiger partial charge in [0.05, 0.1) is 19.8 Å². The van der Waals surface area contributed by atoms with Gasteiger partial charge in [-0.1, -0.05) is 42.5 Å². The first-order valence-corrected chi connectivity index (χ1v) is 7.27. The summed E-state index contributed by atoms with van der Waals surface area (Å²) in [6.07, 6.45) is -0.528. The predicted molar refractivity (Wildman–Crippen MR) is 93.1 cm³/mol. The van der Waals surface area contributed by atoms with E-state index in [-0.39, 0.29) is 12.4 Å². The summed E-state index contributed by atoms with van der Waals surface area (Å²) in [5.41, 5.74) is 1.66. The molecule has 1 aromatic heterocycles. The van der Waals surface area contributed by atoms with Crippen molar-refractivity contribution < 1.29 is 14.3 Å². The van der Waals surface area contributed by atoms with Crippen molar-refractivity contribution >= 4 is 23.4 Å². The number of para-hydroxylation sites is 1. The number of fused-ring (bicyclic) bond motifs is 1. The van der Waals surface area contributed by atoms with Gasteiger partial charge in [-0.25, -0.2) is 0 Å². The molecule has 0 aliphatic carbocycles. The Kier molecular flexibility index (Phi) is 6.04. The third-order valence-electron chi connectivity index (χ3n) is 3.60. The van der Waals surface area contributed by atoms with Crippen LogP contribution in [0, 0.1) is 0 Å². The first kappa shape index (κ1) is 17.3. The maximum absolute atomic E-state index is 10.1. The number of rotatable bonds is 6. The molecule has 3 aromatic rings. The summed E-state index contributed by atoms with van der Waals surface area (Å²) >= 11 is 0. The normalized spacial score (nSPS) is 11.9. The van der Waals surface area contributed by atoms with Gasteiger partial charge in [0.1, 0.15) is 5.76 Å². The lowest BCUT2D eigenvalue weighted by atomic mass is 10.1. The number of ether oxygens (including phenoxy) is 1. The Morgan fingerprint density at radius 2 is 1.91 bits per heavy atom. The number of aliphatic hydroxyl groups excluding tert-OH is 1. The summed E-state index contributed by atoms with van der Waals surface area (Å²) in [6.45, 7) is 1.03. The van der Waals surface area contributed by atoms with Gasteiger partial charge in [0.15, 0.2) is 11.3 Å². The van der Waals surface area contributed by atoms with E-state index in [2.05, 4.69) is 5.32 Å². The first-order valence-electron chi connectivity index (χ1n) is 7.27. The summed E-state index contributed by atoms with van der Waals surface area (Å²) in [4.78, 5) is 0. The van der Waals surface area contributed by atoms with Crippen LogP contribution in [0.15, 0.2) is 59.0 Å². The molecule has 23 heavy (non-hydrogen) atoms. The summed E-state index contributed by atoms with van der Waals surface area (Å²) in [7, 11) is 1.63. The zero-order valence-corrected chi connectivity index (χ0v) is 13.7. The molecule has 0 aliphatic heterocycles. The molecule has 2 aromatic carbocycles. The summed E-state index contributed by atoms with van der Waals surface area (Å²) < 4.78 is 11.1. The van der Waals surface area contributed by atoms with E-state index in [1.807, 2.05) is 54.6 Å². The van der Waals surface area contributed by atoms with E-state index in [4.69, 9.17) is 9.15 Å². The van der Waals surface area contributed by atoms with Crippen molar-refractivity contribution in [2.24, 2.45) is 0 Å². The van der Waals surface area contributed by atoms with Crippen LogP contribution in [0.1, 0.15) is 17.4 Å². The van der Waals surface area contributed by atoms with Crippen LogP contribution in [-0.2, 0) is 6.54 Å². The predicted octanol–water partition coefficient (Wildman–Crippen LogP) is 3.69. The van der Waals surface area contributed by atoms with Crippen LogP contribution in [0.3, 0.4) is 0 Å². The monoisotopic (exact) mass is 333 g/mol. The van der Waals surface area contributed by atoms with Gasteiger partial charge in [0.2, 0.25) is 0 Å². The molecule has 0 saturated heterocycles. The largest absolute Gasteiger partial charge is 0.493 e. The van der Waals surface area contributed by atoms with Crippen LogP contribution in [-0.4, -0.2) is 18.8 Å². The van der Waals surface area contributed by atoms with Crippen LogP contribution >= 0.6 is 12.4 Å². The van der Waals surface area contributed by atoms with E-state index in [0.29, 0.717) is 13.1 Å². The molecule has 0 bridgehead atoms. The molecule has 0 amide bonds. The van der Waals surface area contributed by atoms with Gasteiger partial charge in [0.25, 0.3) is 0 Å². The molecule has 0 fully saturated rings.